The average Bonchev–Trinajstić information content (AvgIpc) is 2.83. The van der Waals surface area contributed by atoms with E-state index in [9.17, 15) is 4.79 Å². The third-order valence-electron chi connectivity index (χ3n) is 3.57. The lowest BCUT2D eigenvalue weighted by Crippen LogP contribution is -2.43. The van der Waals surface area contributed by atoms with Gasteiger partial charge in [-0.1, -0.05) is 6.92 Å². The Morgan fingerprint density at radius 3 is 3.00 bits per heavy atom. The van der Waals surface area contributed by atoms with Crippen LogP contribution >= 0.6 is 0 Å². The molecule has 2 aliphatic rings. The SMILES string of the molecule is CCC1(C)NCN(CC2CCCO2)C1=O. The third-order valence-corrected chi connectivity index (χ3v) is 3.57. The second-order valence-electron chi connectivity index (χ2n) is 4.68. The Hall–Kier alpha value is -0.610. The zero-order valence-corrected chi connectivity index (χ0v) is 9.58. The minimum Gasteiger partial charge on any atom is -0.376 e. The van der Waals surface area contributed by atoms with E-state index < -0.39 is 0 Å². The number of nitrogens with zero attached hydrogens (tertiary/aromatic N) is 1. The van der Waals surface area contributed by atoms with E-state index in [-0.39, 0.29) is 17.6 Å². The zero-order chi connectivity index (χ0) is 10.9. The van der Waals surface area contributed by atoms with Crippen LogP contribution in [0.3, 0.4) is 0 Å². The summed E-state index contributed by atoms with van der Waals surface area (Å²) in [6.45, 7) is 6.29. The first-order valence-corrected chi connectivity index (χ1v) is 5.82. The molecule has 2 atom stereocenters. The van der Waals surface area contributed by atoms with Crippen LogP contribution in [0.2, 0.25) is 0 Å². The predicted molar refractivity (Wildman–Crippen MR) is 57.4 cm³/mol. The van der Waals surface area contributed by atoms with Crippen molar-refractivity contribution in [3.63, 3.8) is 0 Å². The summed E-state index contributed by atoms with van der Waals surface area (Å²) < 4.78 is 5.54. The summed E-state index contributed by atoms with van der Waals surface area (Å²) >= 11 is 0. The fraction of sp³-hybridized carbons (Fsp3) is 0.909. The Morgan fingerprint density at radius 2 is 2.47 bits per heavy atom. The van der Waals surface area contributed by atoms with Crippen LogP contribution in [0.5, 0.6) is 0 Å². The lowest BCUT2D eigenvalue weighted by Gasteiger charge is -2.22. The highest BCUT2D eigenvalue weighted by Crippen LogP contribution is 2.21. The maximum Gasteiger partial charge on any atom is 0.243 e. The Kier molecular flexibility index (Phi) is 2.98. The molecule has 0 spiro atoms. The van der Waals surface area contributed by atoms with Crippen LogP contribution < -0.4 is 5.32 Å². The minimum absolute atomic E-state index is 0.223. The molecule has 2 fully saturated rings. The van der Waals surface area contributed by atoms with Crippen LogP contribution in [-0.2, 0) is 9.53 Å². The van der Waals surface area contributed by atoms with E-state index in [0.29, 0.717) is 6.67 Å². The summed E-state index contributed by atoms with van der Waals surface area (Å²) in [5.41, 5.74) is -0.349. The van der Waals surface area contributed by atoms with Crippen LogP contribution in [0, 0.1) is 0 Å². The molecule has 0 aliphatic carbocycles. The molecule has 0 radical (unpaired) electrons. The fourth-order valence-electron chi connectivity index (χ4n) is 2.22. The van der Waals surface area contributed by atoms with Crippen molar-refractivity contribution in [1.82, 2.24) is 10.2 Å². The Labute approximate surface area is 91.0 Å². The zero-order valence-electron chi connectivity index (χ0n) is 9.58. The van der Waals surface area contributed by atoms with Crippen molar-refractivity contribution in [3.05, 3.63) is 0 Å². The van der Waals surface area contributed by atoms with Crippen molar-refractivity contribution in [2.75, 3.05) is 19.8 Å². The van der Waals surface area contributed by atoms with Gasteiger partial charge < -0.3 is 9.64 Å². The first-order chi connectivity index (χ1) is 7.15. The molecule has 0 aromatic heterocycles. The van der Waals surface area contributed by atoms with Gasteiger partial charge in [0.1, 0.15) is 0 Å². The van der Waals surface area contributed by atoms with Crippen molar-refractivity contribution in [2.45, 2.75) is 44.8 Å². The molecule has 0 aromatic rings. The van der Waals surface area contributed by atoms with Gasteiger partial charge in [-0.05, 0) is 26.2 Å². The summed E-state index contributed by atoms with van der Waals surface area (Å²) in [4.78, 5) is 13.9. The van der Waals surface area contributed by atoms with E-state index in [2.05, 4.69) is 5.32 Å². The summed E-state index contributed by atoms with van der Waals surface area (Å²) in [7, 11) is 0. The Morgan fingerprint density at radius 1 is 1.67 bits per heavy atom. The average molecular weight is 212 g/mol. The maximum absolute atomic E-state index is 12.1. The molecule has 0 saturated carbocycles. The number of hydrogen-bond donors (Lipinski definition) is 1. The fourth-order valence-corrected chi connectivity index (χ4v) is 2.22. The lowest BCUT2D eigenvalue weighted by atomic mass is 9.99. The highest BCUT2D eigenvalue weighted by molar-refractivity contribution is 5.87. The van der Waals surface area contributed by atoms with Gasteiger partial charge in [-0.15, -0.1) is 0 Å². The van der Waals surface area contributed by atoms with E-state index >= 15 is 0 Å². The molecule has 0 aromatic carbocycles. The van der Waals surface area contributed by atoms with Gasteiger partial charge in [-0.2, -0.15) is 0 Å². The first-order valence-electron chi connectivity index (χ1n) is 5.82. The van der Waals surface area contributed by atoms with Gasteiger partial charge in [0.15, 0.2) is 0 Å². The molecule has 2 aliphatic heterocycles. The second kappa shape index (κ2) is 4.10. The number of carbonyl (C=O) groups excluding carboxylic acids is 1. The third kappa shape index (κ3) is 2.01. The van der Waals surface area contributed by atoms with Crippen molar-refractivity contribution >= 4 is 5.91 Å². The van der Waals surface area contributed by atoms with Crippen LogP contribution in [0.4, 0.5) is 0 Å². The van der Waals surface area contributed by atoms with Gasteiger partial charge in [-0.25, -0.2) is 0 Å². The number of ether oxygens (including phenoxy) is 1. The molecule has 2 heterocycles. The molecule has 0 bridgehead atoms. The number of rotatable bonds is 3. The highest BCUT2D eigenvalue weighted by Gasteiger charge is 2.41. The van der Waals surface area contributed by atoms with E-state index in [4.69, 9.17) is 4.74 Å². The van der Waals surface area contributed by atoms with Crippen LogP contribution in [-0.4, -0.2) is 42.3 Å². The molecule has 1 N–H and O–H groups in total. The molecule has 4 heteroatoms. The molecular weight excluding hydrogens is 192 g/mol. The molecule has 1 amide bonds. The predicted octanol–water partition coefficient (Wildman–Crippen LogP) is 0.723. The summed E-state index contributed by atoms with van der Waals surface area (Å²) in [5, 5.41) is 3.28. The van der Waals surface area contributed by atoms with Gasteiger partial charge in [-0.3, -0.25) is 10.1 Å². The summed E-state index contributed by atoms with van der Waals surface area (Å²) in [5.74, 6) is 0.223. The van der Waals surface area contributed by atoms with Gasteiger partial charge in [0.05, 0.1) is 18.3 Å². The highest BCUT2D eigenvalue weighted by atomic mass is 16.5. The monoisotopic (exact) mass is 212 g/mol. The molecule has 15 heavy (non-hydrogen) atoms. The molecule has 2 rings (SSSR count). The topological polar surface area (TPSA) is 41.6 Å². The molecular formula is C11H20N2O2. The largest absolute Gasteiger partial charge is 0.376 e. The van der Waals surface area contributed by atoms with E-state index in [1.807, 2.05) is 18.7 Å². The standard InChI is InChI=1S/C11H20N2O2/c1-3-11(2)10(14)13(8-12-11)7-9-5-4-6-15-9/h9,12H,3-8H2,1-2H3. The van der Waals surface area contributed by atoms with Crippen molar-refractivity contribution in [2.24, 2.45) is 0 Å². The Bertz CT molecular complexity index is 251. The van der Waals surface area contributed by atoms with E-state index in [1.54, 1.807) is 0 Å². The molecule has 2 unspecified atom stereocenters. The number of nitrogens with one attached hydrogen (secondary N) is 1. The van der Waals surface area contributed by atoms with Crippen molar-refractivity contribution < 1.29 is 9.53 Å². The van der Waals surface area contributed by atoms with Crippen molar-refractivity contribution in [1.29, 1.82) is 0 Å². The molecule has 4 nitrogen and oxygen atoms in total. The summed E-state index contributed by atoms with van der Waals surface area (Å²) in [6, 6.07) is 0. The second-order valence-corrected chi connectivity index (χ2v) is 4.68. The molecule has 86 valence electrons. The number of hydrogen-bond acceptors (Lipinski definition) is 3. The smallest absolute Gasteiger partial charge is 0.243 e. The van der Waals surface area contributed by atoms with E-state index in [0.717, 1.165) is 32.4 Å². The number of carbonyl (C=O) groups is 1. The Balaban J connectivity index is 1.92. The van der Waals surface area contributed by atoms with Gasteiger partial charge in [0, 0.05) is 13.2 Å². The lowest BCUT2D eigenvalue weighted by molar-refractivity contribution is -0.133. The van der Waals surface area contributed by atoms with Crippen LogP contribution in [0.25, 0.3) is 0 Å². The van der Waals surface area contributed by atoms with E-state index in [1.165, 1.54) is 0 Å². The minimum atomic E-state index is -0.349. The van der Waals surface area contributed by atoms with Crippen LogP contribution in [0.1, 0.15) is 33.1 Å². The maximum atomic E-state index is 12.1. The van der Waals surface area contributed by atoms with Gasteiger partial charge >= 0.3 is 0 Å². The molecule has 2 saturated heterocycles. The van der Waals surface area contributed by atoms with Gasteiger partial charge in [0.2, 0.25) is 5.91 Å². The summed E-state index contributed by atoms with van der Waals surface area (Å²) in [6.07, 6.45) is 3.32. The normalized spacial score (nSPS) is 36.5. The van der Waals surface area contributed by atoms with Crippen molar-refractivity contribution in [3.8, 4) is 0 Å². The quantitative estimate of drug-likeness (QED) is 0.749. The first kappa shape index (κ1) is 10.9. The van der Waals surface area contributed by atoms with Crippen LogP contribution in [0.15, 0.2) is 0 Å². The number of amides is 1. The van der Waals surface area contributed by atoms with Gasteiger partial charge in [0.25, 0.3) is 0 Å².